The van der Waals surface area contributed by atoms with E-state index < -0.39 is 4.27 Å². The number of hydrogen-bond acceptors (Lipinski definition) is 4. The fourth-order valence-electron chi connectivity index (χ4n) is 4.25. The van der Waals surface area contributed by atoms with Crippen LogP contribution in [-0.4, -0.2) is 17.0 Å². The van der Waals surface area contributed by atoms with Gasteiger partial charge in [0.05, 0.1) is 5.54 Å². The van der Waals surface area contributed by atoms with Gasteiger partial charge >= 0.3 is 0 Å². The molecule has 0 atom stereocenters. The molecule has 1 saturated heterocycles. The molecule has 1 spiro atoms. The molecule has 0 unspecified atom stereocenters. The molecule has 0 saturated carbocycles. The van der Waals surface area contributed by atoms with Gasteiger partial charge in [-0.1, -0.05) is 35.7 Å². The summed E-state index contributed by atoms with van der Waals surface area (Å²) in [6.07, 6.45) is 2.27. The summed E-state index contributed by atoms with van der Waals surface area (Å²) < 4.78 is 20.1. The summed E-state index contributed by atoms with van der Waals surface area (Å²) in [6, 6.07) is 9.09. The second-order valence-corrected chi connectivity index (χ2v) is 10.4. The van der Waals surface area contributed by atoms with Gasteiger partial charge in [-0.25, -0.2) is 4.39 Å². The molecule has 0 radical (unpaired) electrons. The van der Waals surface area contributed by atoms with Gasteiger partial charge in [0, 0.05) is 33.9 Å². The lowest BCUT2D eigenvalue weighted by molar-refractivity contribution is 0.259. The molecule has 3 heterocycles. The highest BCUT2D eigenvalue weighted by molar-refractivity contribution is 8.20. The van der Waals surface area contributed by atoms with Gasteiger partial charge < -0.3 is 10.1 Å². The first-order valence-corrected chi connectivity index (χ1v) is 10.8. The van der Waals surface area contributed by atoms with Crippen LogP contribution in [0.1, 0.15) is 31.9 Å². The molecule has 3 aliphatic rings. The van der Waals surface area contributed by atoms with Crippen molar-refractivity contribution in [2.24, 2.45) is 0 Å². The van der Waals surface area contributed by atoms with E-state index in [2.05, 4.69) is 44.3 Å². The SMILES string of the molecule is CC1=CC(C)(C)Nc2ccc3c(c21)C1(Oc2ccc(F)cc2-3)SCCS1. The summed E-state index contributed by atoms with van der Waals surface area (Å²) in [7, 11) is 0. The fourth-order valence-corrected chi connectivity index (χ4v) is 7.30. The van der Waals surface area contributed by atoms with E-state index in [1.807, 2.05) is 23.5 Å². The second kappa shape index (κ2) is 5.46. The number of ether oxygens (including phenoxy) is 1. The monoisotopic (exact) mass is 385 g/mol. The van der Waals surface area contributed by atoms with Crippen molar-refractivity contribution in [1.29, 1.82) is 0 Å². The molecule has 0 bridgehead atoms. The minimum Gasteiger partial charge on any atom is -0.462 e. The van der Waals surface area contributed by atoms with Gasteiger partial charge in [-0.3, -0.25) is 0 Å². The Morgan fingerprint density at radius 1 is 1.08 bits per heavy atom. The molecule has 0 aromatic heterocycles. The minimum absolute atomic E-state index is 0.0893. The van der Waals surface area contributed by atoms with E-state index in [4.69, 9.17) is 4.74 Å². The number of allylic oxidation sites excluding steroid dienone is 1. The van der Waals surface area contributed by atoms with Gasteiger partial charge in [-0.15, -0.1) is 0 Å². The quantitative estimate of drug-likeness (QED) is 0.593. The number of anilines is 1. The van der Waals surface area contributed by atoms with E-state index in [0.29, 0.717) is 0 Å². The number of nitrogens with one attached hydrogen (secondary N) is 1. The summed E-state index contributed by atoms with van der Waals surface area (Å²) in [5.41, 5.74) is 6.60. The van der Waals surface area contributed by atoms with E-state index in [0.717, 1.165) is 34.1 Å². The zero-order chi connectivity index (χ0) is 18.1. The lowest BCUT2D eigenvalue weighted by Crippen LogP contribution is -2.34. The van der Waals surface area contributed by atoms with E-state index in [-0.39, 0.29) is 11.4 Å². The molecule has 3 aliphatic heterocycles. The van der Waals surface area contributed by atoms with E-state index in [1.54, 1.807) is 12.1 Å². The van der Waals surface area contributed by atoms with Crippen LogP contribution < -0.4 is 10.1 Å². The highest BCUT2D eigenvalue weighted by atomic mass is 32.2. The van der Waals surface area contributed by atoms with Gasteiger partial charge in [0.1, 0.15) is 11.6 Å². The number of fused-ring (bicyclic) bond motifs is 6. The maximum Gasteiger partial charge on any atom is 0.228 e. The number of thioether (sulfide) groups is 2. The Balaban J connectivity index is 1.84. The standard InChI is InChI=1S/C21H20FNOS2/c1-12-11-20(2,3)23-16-6-5-14-15-10-13(22)4-7-17(15)24-21(19(14)18(12)16)25-8-9-26-21/h4-7,10-11,23H,8-9H2,1-3H3. The van der Waals surface area contributed by atoms with Crippen molar-refractivity contribution in [3.8, 4) is 16.9 Å². The molecule has 134 valence electrons. The third kappa shape index (κ3) is 2.33. The third-order valence-corrected chi connectivity index (χ3v) is 8.20. The van der Waals surface area contributed by atoms with Gasteiger partial charge in [-0.2, -0.15) is 0 Å². The first kappa shape index (κ1) is 16.6. The lowest BCUT2D eigenvalue weighted by Gasteiger charge is -2.40. The zero-order valence-corrected chi connectivity index (χ0v) is 16.6. The van der Waals surface area contributed by atoms with Crippen molar-refractivity contribution in [2.75, 3.05) is 16.8 Å². The Labute approximate surface area is 161 Å². The van der Waals surface area contributed by atoms with E-state index in [1.165, 1.54) is 22.8 Å². The van der Waals surface area contributed by atoms with Gasteiger partial charge in [0.25, 0.3) is 0 Å². The Kier molecular flexibility index (Phi) is 3.48. The molecule has 5 heteroatoms. The van der Waals surface area contributed by atoms with Crippen molar-refractivity contribution in [3.63, 3.8) is 0 Å². The molecular formula is C21H20FNOS2. The van der Waals surface area contributed by atoms with Crippen LogP contribution in [0.15, 0.2) is 36.4 Å². The number of hydrogen-bond donors (Lipinski definition) is 1. The highest BCUT2D eigenvalue weighted by Gasteiger charge is 2.48. The second-order valence-electron chi connectivity index (χ2n) is 7.58. The molecule has 5 rings (SSSR count). The fraction of sp³-hybridized carbons (Fsp3) is 0.333. The molecular weight excluding hydrogens is 365 g/mol. The maximum absolute atomic E-state index is 14.0. The Morgan fingerprint density at radius 3 is 2.62 bits per heavy atom. The first-order valence-electron chi connectivity index (χ1n) is 8.81. The van der Waals surface area contributed by atoms with Crippen LogP contribution in [0.3, 0.4) is 0 Å². The van der Waals surface area contributed by atoms with Crippen LogP contribution in [-0.2, 0) is 4.27 Å². The molecule has 0 aliphatic carbocycles. The molecule has 1 fully saturated rings. The number of benzene rings is 2. The van der Waals surface area contributed by atoms with Crippen LogP contribution >= 0.6 is 23.5 Å². The molecule has 1 N–H and O–H groups in total. The summed E-state index contributed by atoms with van der Waals surface area (Å²) in [6.45, 7) is 6.52. The van der Waals surface area contributed by atoms with Crippen molar-refractivity contribution >= 4 is 34.8 Å². The Bertz CT molecular complexity index is 961. The Hall–Kier alpha value is -1.59. The average Bonchev–Trinajstić information content (AvgIpc) is 3.03. The van der Waals surface area contributed by atoms with E-state index >= 15 is 0 Å². The van der Waals surface area contributed by atoms with Gasteiger partial charge in [-0.05, 0) is 56.2 Å². The number of rotatable bonds is 0. The molecule has 0 amide bonds. The van der Waals surface area contributed by atoms with Crippen LogP contribution in [0.4, 0.5) is 10.1 Å². The van der Waals surface area contributed by atoms with Crippen molar-refractivity contribution in [2.45, 2.75) is 30.6 Å². The average molecular weight is 386 g/mol. The summed E-state index contributed by atoms with van der Waals surface area (Å²) >= 11 is 3.69. The van der Waals surface area contributed by atoms with Crippen LogP contribution in [0.2, 0.25) is 0 Å². The molecule has 26 heavy (non-hydrogen) atoms. The normalized spacial score (nSPS) is 21.2. The molecule has 2 aromatic rings. The van der Waals surface area contributed by atoms with Crippen LogP contribution in [0, 0.1) is 5.82 Å². The minimum atomic E-state index is -0.455. The van der Waals surface area contributed by atoms with Gasteiger partial charge in [0.15, 0.2) is 0 Å². The van der Waals surface area contributed by atoms with Crippen molar-refractivity contribution in [1.82, 2.24) is 0 Å². The lowest BCUT2D eigenvalue weighted by atomic mass is 9.84. The summed E-state index contributed by atoms with van der Waals surface area (Å²) in [5, 5.41) is 3.63. The zero-order valence-electron chi connectivity index (χ0n) is 15.0. The van der Waals surface area contributed by atoms with Gasteiger partial charge in [0.2, 0.25) is 4.27 Å². The maximum atomic E-state index is 14.0. The van der Waals surface area contributed by atoms with E-state index in [9.17, 15) is 4.39 Å². The number of halogens is 1. The topological polar surface area (TPSA) is 21.3 Å². The summed E-state index contributed by atoms with van der Waals surface area (Å²) in [5.74, 6) is 2.63. The summed E-state index contributed by atoms with van der Waals surface area (Å²) in [4.78, 5) is 0. The largest absolute Gasteiger partial charge is 0.462 e. The predicted octanol–water partition coefficient (Wildman–Crippen LogP) is 6.08. The predicted molar refractivity (Wildman–Crippen MR) is 110 cm³/mol. The van der Waals surface area contributed by atoms with Crippen molar-refractivity contribution in [3.05, 3.63) is 53.4 Å². The first-order chi connectivity index (χ1) is 12.4. The smallest absolute Gasteiger partial charge is 0.228 e. The third-order valence-electron chi connectivity index (χ3n) is 5.08. The molecule has 2 aromatic carbocycles. The Morgan fingerprint density at radius 2 is 1.85 bits per heavy atom. The molecule has 2 nitrogen and oxygen atoms in total. The highest BCUT2D eigenvalue weighted by Crippen LogP contribution is 2.61. The van der Waals surface area contributed by atoms with Crippen LogP contribution in [0.5, 0.6) is 5.75 Å². The van der Waals surface area contributed by atoms with Crippen molar-refractivity contribution < 1.29 is 9.13 Å². The van der Waals surface area contributed by atoms with Crippen LogP contribution in [0.25, 0.3) is 16.7 Å².